The Kier molecular flexibility index (Phi) is 6.23. The number of hydrogen-bond donors (Lipinski definition) is 0. The van der Waals surface area contributed by atoms with Gasteiger partial charge in [-0.05, 0) is 30.2 Å². The molecular weight excluding hydrogens is 310 g/mol. The van der Waals surface area contributed by atoms with Crippen LogP contribution in [0.5, 0.6) is 0 Å². The van der Waals surface area contributed by atoms with E-state index in [0.29, 0.717) is 17.7 Å². The molecule has 0 aliphatic rings. The van der Waals surface area contributed by atoms with Crippen LogP contribution in [-0.2, 0) is 27.2 Å². The lowest BCUT2D eigenvalue weighted by atomic mass is 10.0. The summed E-state index contributed by atoms with van der Waals surface area (Å²) in [5, 5.41) is 9.23. The van der Waals surface area contributed by atoms with E-state index in [4.69, 9.17) is 10.00 Å². The van der Waals surface area contributed by atoms with E-state index in [9.17, 15) is 9.59 Å². The van der Waals surface area contributed by atoms with Gasteiger partial charge in [0.1, 0.15) is 5.78 Å². The lowest BCUT2D eigenvalue weighted by Gasteiger charge is -2.06. The van der Waals surface area contributed by atoms with Crippen LogP contribution in [0.25, 0.3) is 0 Å². The molecule has 0 saturated heterocycles. The van der Waals surface area contributed by atoms with Crippen LogP contribution in [0, 0.1) is 11.3 Å². The first kappa shape index (κ1) is 15.4. The van der Waals surface area contributed by atoms with Gasteiger partial charge in [-0.3, -0.25) is 9.59 Å². The summed E-state index contributed by atoms with van der Waals surface area (Å²) in [7, 11) is 0. The van der Waals surface area contributed by atoms with E-state index in [1.807, 2.05) is 6.07 Å². The molecule has 0 radical (unpaired) electrons. The monoisotopic (exact) mass is 323 g/mol. The SMILES string of the molecule is CCOC(=O)Cc1cc(C#N)cc(CC(=O)CBr)c1. The molecule has 0 amide bonds. The van der Waals surface area contributed by atoms with Crippen LogP contribution in [0.1, 0.15) is 23.6 Å². The van der Waals surface area contributed by atoms with Crippen LogP contribution >= 0.6 is 15.9 Å². The molecular formula is C14H14BrNO3. The van der Waals surface area contributed by atoms with Crippen molar-refractivity contribution in [1.82, 2.24) is 0 Å². The number of carbonyl (C=O) groups is 2. The minimum absolute atomic E-state index is 0.0252. The number of halogens is 1. The quantitative estimate of drug-likeness (QED) is 0.594. The van der Waals surface area contributed by atoms with Crippen LogP contribution < -0.4 is 0 Å². The van der Waals surface area contributed by atoms with Crippen LogP contribution in [0.15, 0.2) is 18.2 Å². The number of ether oxygens (including phenoxy) is 1. The number of ketones is 1. The van der Waals surface area contributed by atoms with Crippen molar-refractivity contribution in [3.05, 3.63) is 34.9 Å². The van der Waals surface area contributed by atoms with Gasteiger partial charge < -0.3 is 4.74 Å². The van der Waals surface area contributed by atoms with Gasteiger partial charge in [0.05, 0.1) is 30.0 Å². The average Bonchev–Trinajstić information content (AvgIpc) is 2.38. The summed E-state index contributed by atoms with van der Waals surface area (Å²) >= 11 is 3.10. The fourth-order valence-electron chi connectivity index (χ4n) is 1.68. The van der Waals surface area contributed by atoms with Gasteiger partial charge in [-0.25, -0.2) is 0 Å². The number of benzene rings is 1. The number of alkyl halides is 1. The first-order valence-corrected chi connectivity index (χ1v) is 6.97. The van der Waals surface area contributed by atoms with Crippen LogP contribution in [0.2, 0.25) is 0 Å². The Morgan fingerprint density at radius 3 is 2.42 bits per heavy atom. The van der Waals surface area contributed by atoms with Gasteiger partial charge >= 0.3 is 5.97 Å². The molecule has 0 N–H and O–H groups in total. The topological polar surface area (TPSA) is 67.2 Å². The first-order valence-electron chi connectivity index (χ1n) is 5.85. The highest BCUT2D eigenvalue weighted by Gasteiger charge is 2.09. The Morgan fingerprint density at radius 2 is 1.89 bits per heavy atom. The highest BCUT2D eigenvalue weighted by molar-refractivity contribution is 9.09. The van der Waals surface area contributed by atoms with Crippen LogP contribution in [0.3, 0.4) is 0 Å². The maximum atomic E-state index is 11.4. The molecule has 0 heterocycles. The lowest BCUT2D eigenvalue weighted by Crippen LogP contribution is -2.09. The van der Waals surface area contributed by atoms with E-state index in [-0.39, 0.29) is 29.9 Å². The van der Waals surface area contributed by atoms with Crippen molar-refractivity contribution in [2.24, 2.45) is 0 Å². The fraction of sp³-hybridized carbons (Fsp3) is 0.357. The molecule has 0 fully saturated rings. The molecule has 0 saturated carbocycles. The molecule has 1 aromatic carbocycles. The van der Waals surface area contributed by atoms with Gasteiger partial charge in [0, 0.05) is 6.42 Å². The van der Waals surface area contributed by atoms with Gasteiger partial charge in [-0.15, -0.1) is 0 Å². The standard InChI is InChI=1S/C14H14BrNO3/c1-2-19-14(18)7-11-3-10(6-13(17)8-15)4-12(5-11)9-16/h3-5H,2,6-8H2,1H3. The number of Topliss-reactive ketones (excluding diaryl/α,β-unsaturated/α-hetero) is 1. The van der Waals surface area contributed by atoms with E-state index in [2.05, 4.69) is 15.9 Å². The number of esters is 1. The summed E-state index contributed by atoms with van der Waals surface area (Å²) in [6.45, 7) is 2.06. The van der Waals surface area contributed by atoms with Crippen molar-refractivity contribution < 1.29 is 14.3 Å². The van der Waals surface area contributed by atoms with E-state index < -0.39 is 0 Å². The number of nitrogens with zero attached hydrogens (tertiary/aromatic N) is 1. The Morgan fingerprint density at radius 1 is 1.26 bits per heavy atom. The lowest BCUT2D eigenvalue weighted by molar-refractivity contribution is -0.142. The molecule has 1 rings (SSSR count). The summed E-state index contributed by atoms with van der Waals surface area (Å²) in [6.07, 6.45) is 0.357. The molecule has 0 bridgehead atoms. The molecule has 4 nitrogen and oxygen atoms in total. The van der Waals surface area contributed by atoms with Crippen molar-refractivity contribution in [2.75, 3.05) is 11.9 Å². The number of carbonyl (C=O) groups excluding carboxylic acids is 2. The Balaban J connectivity index is 2.92. The fourth-order valence-corrected chi connectivity index (χ4v) is 1.88. The highest BCUT2D eigenvalue weighted by atomic mass is 79.9. The van der Waals surface area contributed by atoms with E-state index in [0.717, 1.165) is 5.56 Å². The zero-order valence-corrected chi connectivity index (χ0v) is 12.2. The predicted molar refractivity (Wildman–Crippen MR) is 74.0 cm³/mol. The normalized spacial score (nSPS) is 9.74. The predicted octanol–water partition coefficient (Wildman–Crippen LogP) is 2.17. The Bertz CT molecular complexity index is 520. The first-order chi connectivity index (χ1) is 9.08. The zero-order chi connectivity index (χ0) is 14.3. The van der Waals surface area contributed by atoms with Gasteiger partial charge in [-0.1, -0.05) is 22.0 Å². The number of nitriles is 1. The smallest absolute Gasteiger partial charge is 0.310 e. The van der Waals surface area contributed by atoms with E-state index in [1.54, 1.807) is 25.1 Å². The molecule has 0 unspecified atom stereocenters. The Labute approximate surface area is 120 Å². The minimum Gasteiger partial charge on any atom is -0.466 e. The van der Waals surface area contributed by atoms with Gasteiger partial charge in [0.2, 0.25) is 0 Å². The molecule has 1 aromatic rings. The molecule has 0 aromatic heterocycles. The zero-order valence-electron chi connectivity index (χ0n) is 10.6. The molecule has 100 valence electrons. The molecule has 0 atom stereocenters. The largest absolute Gasteiger partial charge is 0.466 e. The summed E-state index contributed by atoms with van der Waals surface area (Å²) < 4.78 is 4.87. The summed E-state index contributed by atoms with van der Waals surface area (Å²) in [5.41, 5.74) is 1.87. The summed E-state index contributed by atoms with van der Waals surface area (Å²) in [6, 6.07) is 7.09. The molecule has 19 heavy (non-hydrogen) atoms. The van der Waals surface area contributed by atoms with Crippen LogP contribution in [0.4, 0.5) is 0 Å². The third kappa shape index (κ3) is 5.23. The molecule has 0 aliphatic heterocycles. The summed E-state index contributed by atoms with van der Waals surface area (Å²) in [4.78, 5) is 22.8. The van der Waals surface area contributed by atoms with E-state index >= 15 is 0 Å². The second kappa shape index (κ2) is 7.70. The van der Waals surface area contributed by atoms with Crippen molar-refractivity contribution >= 4 is 27.7 Å². The molecule has 0 spiro atoms. The second-order valence-electron chi connectivity index (χ2n) is 3.98. The van der Waals surface area contributed by atoms with Gasteiger partial charge in [0.15, 0.2) is 0 Å². The third-order valence-corrected chi connectivity index (χ3v) is 3.01. The third-order valence-electron chi connectivity index (χ3n) is 2.39. The van der Waals surface area contributed by atoms with Crippen molar-refractivity contribution in [3.8, 4) is 6.07 Å². The van der Waals surface area contributed by atoms with Gasteiger partial charge in [0.25, 0.3) is 0 Å². The number of rotatable bonds is 6. The van der Waals surface area contributed by atoms with Crippen molar-refractivity contribution in [2.45, 2.75) is 19.8 Å². The average molecular weight is 324 g/mol. The van der Waals surface area contributed by atoms with Gasteiger partial charge in [-0.2, -0.15) is 5.26 Å². The van der Waals surface area contributed by atoms with E-state index in [1.165, 1.54) is 0 Å². The summed E-state index contributed by atoms with van der Waals surface area (Å²) in [5.74, 6) is -0.312. The van der Waals surface area contributed by atoms with Crippen LogP contribution in [-0.4, -0.2) is 23.7 Å². The second-order valence-corrected chi connectivity index (χ2v) is 4.54. The van der Waals surface area contributed by atoms with Crippen molar-refractivity contribution in [1.29, 1.82) is 5.26 Å². The maximum absolute atomic E-state index is 11.4. The minimum atomic E-state index is -0.338. The molecule has 0 aliphatic carbocycles. The Hall–Kier alpha value is -1.67. The molecule has 5 heteroatoms. The highest BCUT2D eigenvalue weighted by Crippen LogP contribution is 2.12. The maximum Gasteiger partial charge on any atom is 0.310 e. The number of hydrogen-bond acceptors (Lipinski definition) is 4. The van der Waals surface area contributed by atoms with Crippen molar-refractivity contribution in [3.63, 3.8) is 0 Å².